The second kappa shape index (κ2) is 9.91. The Balaban J connectivity index is 1.95. The van der Waals surface area contributed by atoms with Crippen LogP contribution in [0.1, 0.15) is 44.2 Å². The highest BCUT2D eigenvalue weighted by Crippen LogP contribution is 2.21. The molecule has 1 saturated carbocycles. The van der Waals surface area contributed by atoms with Crippen molar-refractivity contribution in [1.29, 1.82) is 0 Å². The molecule has 138 valence electrons. The zero-order valence-electron chi connectivity index (χ0n) is 15.5. The molecule has 3 N–H and O–H groups in total. The highest BCUT2D eigenvalue weighted by molar-refractivity contribution is 5.86. The maximum atomic E-state index is 11.8. The standard InChI is InChI=1S/C19H30N4O2/c1-4-10-25-17-11-14(3)6-7-15(17)12-21-19(20-5-2)22-13-18(24)23-16-8-9-16/h6-7,11,16H,4-5,8-10,12-13H2,1-3H3,(H,23,24)(H2,20,21,22). The molecule has 0 bridgehead atoms. The van der Waals surface area contributed by atoms with E-state index in [1.165, 1.54) is 5.56 Å². The second-order valence-corrected chi connectivity index (χ2v) is 6.35. The van der Waals surface area contributed by atoms with E-state index in [1.807, 2.05) is 19.1 Å². The maximum Gasteiger partial charge on any atom is 0.239 e. The van der Waals surface area contributed by atoms with Crippen LogP contribution in [0.25, 0.3) is 0 Å². The Morgan fingerprint density at radius 1 is 1.28 bits per heavy atom. The van der Waals surface area contributed by atoms with E-state index in [-0.39, 0.29) is 12.5 Å². The normalized spacial score (nSPS) is 14.1. The number of hydrogen-bond acceptors (Lipinski definition) is 3. The number of ether oxygens (including phenoxy) is 1. The summed E-state index contributed by atoms with van der Waals surface area (Å²) in [5.74, 6) is 1.53. The molecule has 6 nitrogen and oxygen atoms in total. The number of carbonyl (C=O) groups is 1. The number of aryl methyl sites for hydroxylation is 1. The largest absolute Gasteiger partial charge is 0.493 e. The molecular weight excluding hydrogens is 316 g/mol. The van der Waals surface area contributed by atoms with Crippen molar-refractivity contribution in [3.05, 3.63) is 29.3 Å². The minimum absolute atomic E-state index is 0.00964. The summed E-state index contributed by atoms with van der Waals surface area (Å²) >= 11 is 0. The predicted octanol–water partition coefficient (Wildman–Crippen LogP) is 2.12. The first kappa shape index (κ1) is 19.1. The maximum absolute atomic E-state index is 11.8. The lowest BCUT2D eigenvalue weighted by atomic mass is 10.1. The first-order chi connectivity index (χ1) is 12.1. The van der Waals surface area contributed by atoms with Gasteiger partial charge in [0.1, 0.15) is 5.75 Å². The van der Waals surface area contributed by atoms with Gasteiger partial charge < -0.3 is 20.7 Å². The summed E-state index contributed by atoms with van der Waals surface area (Å²) in [5, 5.41) is 9.21. The molecule has 0 atom stereocenters. The Morgan fingerprint density at radius 3 is 2.76 bits per heavy atom. The average Bonchev–Trinajstić information content (AvgIpc) is 3.40. The van der Waals surface area contributed by atoms with Crippen molar-refractivity contribution < 1.29 is 9.53 Å². The number of nitrogens with zero attached hydrogens (tertiary/aromatic N) is 1. The van der Waals surface area contributed by atoms with Crippen molar-refractivity contribution in [2.75, 3.05) is 19.7 Å². The van der Waals surface area contributed by atoms with E-state index in [0.717, 1.165) is 37.1 Å². The van der Waals surface area contributed by atoms with Crippen LogP contribution in [0.4, 0.5) is 0 Å². The van der Waals surface area contributed by atoms with Crippen LogP contribution in [0.15, 0.2) is 23.2 Å². The van der Waals surface area contributed by atoms with Crippen molar-refractivity contribution in [1.82, 2.24) is 16.0 Å². The molecule has 0 heterocycles. The van der Waals surface area contributed by atoms with E-state index in [1.54, 1.807) is 0 Å². The summed E-state index contributed by atoms with van der Waals surface area (Å²) in [4.78, 5) is 16.4. The van der Waals surface area contributed by atoms with Crippen LogP contribution in [0.3, 0.4) is 0 Å². The first-order valence-corrected chi connectivity index (χ1v) is 9.16. The van der Waals surface area contributed by atoms with Crippen molar-refractivity contribution in [2.24, 2.45) is 4.99 Å². The molecule has 1 aromatic rings. The topological polar surface area (TPSA) is 74.8 Å². The van der Waals surface area contributed by atoms with E-state index in [2.05, 4.69) is 40.9 Å². The number of aliphatic imine (C=N–C) groups is 1. The van der Waals surface area contributed by atoms with Crippen molar-refractivity contribution in [3.63, 3.8) is 0 Å². The number of guanidine groups is 1. The van der Waals surface area contributed by atoms with Crippen LogP contribution in [-0.4, -0.2) is 37.6 Å². The summed E-state index contributed by atoms with van der Waals surface area (Å²) in [5.41, 5.74) is 2.21. The van der Waals surface area contributed by atoms with Crippen LogP contribution in [0, 0.1) is 6.92 Å². The molecule has 1 aliphatic rings. The zero-order chi connectivity index (χ0) is 18.1. The number of carbonyl (C=O) groups excluding carboxylic acids is 1. The quantitative estimate of drug-likeness (QED) is 0.473. The minimum Gasteiger partial charge on any atom is -0.493 e. The van der Waals surface area contributed by atoms with Gasteiger partial charge in [-0.1, -0.05) is 19.1 Å². The molecule has 1 aromatic carbocycles. The van der Waals surface area contributed by atoms with E-state index in [0.29, 0.717) is 25.2 Å². The van der Waals surface area contributed by atoms with Gasteiger partial charge in [0.25, 0.3) is 0 Å². The fourth-order valence-corrected chi connectivity index (χ4v) is 2.32. The molecular formula is C19H30N4O2. The molecule has 0 saturated heterocycles. The molecule has 1 fully saturated rings. The van der Waals surface area contributed by atoms with E-state index >= 15 is 0 Å². The van der Waals surface area contributed by atoms with Crippen molar-refractivity contribution in [2.45, 2.75) is 52.6 Å². The average molecular weight is 346 g/mol. The van der Waals surface area contributed by atoms with Gasteiger partial charge in [0.15, 0.2) is 5.96 Å². The molecule has 6 heteroatoms. The zero-order valence-corrected chi connectivity index (χ0v) is 15.5. The number of amides is 1. The molecule has 0 aliphatic heterocycles. The third-order valence-electron chi connectivity index (χ3n) is 3.79. The smallest absolute Gasteiger partial charge is 0.239 e. The van der Waals surface area contributed by atoms with E-state index in [4.69, 9.17) is 4.74 Å². The molecule has 0 unspecified atom stereocenters. The Hall–Kier alpha value is -2.24. The Labute approximate surface area is 150 Å². The lowest BCUT2D eigenvalue weighted by molar-refractivity contribution is -0.120. The number of benzene rings is 1. The van der Waals surface area contributed by atoms with Gasteiger partial charge in [-0.2, -0.15) is 0 Å². The highest BCUT2D eigenvalue weighted by Gasteiger charge is 2.22. The Kier molecular flexibility index (Phi) is 7.57. The number of hydrogen-bond donors (Lipinski definition) is 3. The van der Waals surface area contributed by atoms with Crippen molar-refractivity contribution >= 4 is 11.9 Å². The fourth-order valence-electron chi connectivity index (χ4n) is 2.32. The Morgan fingerprint density at radius 2 is 2.08 bits per heavy atom. The predicted molar refractivity (Wildman–Crippen MR) is 101 cm³/mol. The van der Waals surface area contributed by atoms with Gasteiger partial charge in [-0.05, 0) is 44.7 Å². The summed E-state index contributed by atoms with van der Waals surface area (Å²) < 4.78 is 5.83. The first-order valence-electron chi connectivity index (χ1n) is 9.16. The third kappa shape index (κ3) is 7.03. The Bertz CT molecular complexity index is 597. The van der Waals surface area contributed by atoms with Gasteiger partial charge in [0.2, 0.25) is 5.91 Å². The molecule has 0 radical (unpaired) electrons. The van der Waals surface area contributed by atoms with Gasteiger partial charge in [-0.15, -0.1) is 0 Å². The summed E-state index contributed by atoms with van der Waals surface area (Å²) in [7, 11) is 0. The summed E-state index contributed by atoms with van der Waals surface area (Å²) in [6.45, 7) is 8.31. The lowest BCUT2D eigenvalue weighted by Gasteiger charge is -2.13. The second-order valence-electron chi connectivity index (χ2n) is 6.35. The van der Waals surface area contributed by atoms with Crippen LogP contribution < -0.4 is 20.7 Å². The molecule has 1 amide bonds. The van der Waals surface area contributed by atoms with Crippen LogP contribution in [0.5, 0.6) is 5.75 Å². The van der Waals surface area contributed by atoms with Crippen LogP contribution >= 0.6 is 0 Å². The molecule has 1 aliphatic carbocycles. The third-order valence-corrected chi connectivity index (χ3v) is 3.79. The molecule has 2 rings (SSSR count). The minimum atomic E-state index is 0.00964. The highest BCUT2D eigenvalue weighted by atomic mass is 16.5. The summed E-state index contributed by atoms with van der Waals surface area (Å²) in [6.07, 6.45) is 3.15. The lowest BCUT2D eigenvalue weighted by Crippen LogP contribution is -2.43. The van der Waals surface area contributed by atoms with Crippen LogP contribution in [0.2, 0.25) is 0 Å². The van der Waals surface area contributed by atoms with Gasteiger partial charge in [0, 0.05) is 18.2 Å². The van der Waals surface area contributed by atoms with E-state index in [9.17, 15) is 4.79 Å². The van der Waals surface area contributed by atoms with Crippen LogP contribution in [-0.2, 0) is 11.3 Å². The fraction of sp³-hybridized carbons (Fsp3) is 0.579. The SMILES string of the molecule is CCCOc1cc(C)ccc1CN=C(NCC)NCC(=O)NC1CC1. The summed E-state index contributed by atoms with van der Waals surface area (Å²) in [6, 6.07) is 6.53. The molecule has 0 spiro atoms. The molecule has 25 heavy (non-hydrogen) atoms. The molecule has 0 aromatic heterocycles. The number of rotatable bonds is 9. The number of nitrogens with one attached hydrogen (secondary N) is 3. The van der Waals surface area contributed by atoms with Gasteiger partial charge in [-0.3, -0.25) is 4.79 Å². The van der Waals surface area contributed by atoms with Gasteiger partial charge >= 0.3 is 0 Å². The monoisotopic (exact) mass is 346 g/mol. The van der Waals surface area contributed by atoms with Gasteiger partial charge in [0.05, 0.1) is 19.7 Å². The van der Waals surface area contributed by atoms with Gasteiger partial charge in [-0.25, -0.2) is 4.99 Å². The van der Waals surface area contributed by atoms with E-state index < -0.39 is 0 Å². The van der Waals surface area contributed by atoms with Crippen molar-refractivity contribution in [3.8, 4) is 5.75 Å².